The highest BCUT2D eigenvalue weighted by molar-refractivity contribution is 5.80. The van der Waals surface area contributed by atoms with Crippen molar-refractivity contribution in [2.45, 2.75) is 51.6 Å². The molecule has 0 bridgehead atoms. The van der Waals surface area contributed by atoms with Crippen molar-refractivity contribution in [3.63, 3.8) is 0 Å². The number of ether oxygens (including phenoxy) is 2. The molecule has 2 aliphatic heterocycles. The third-order valence-electron chi connectivity index (χ3n) is 5.56. The highest BCUT2D eigenvalue weighted by Crippen LogP contribution is 2.19. The number of guanidine groups is 1. The number of likely N-dealkylation sites (tertiary alicyclic amines) is 2. The predicted octanol–water partition coefficient (Wildman–Crippen LogP) is 2.20. The molecule has 0 amide bonds. The van der Waals surface area contributed by atoms with Gasteiger partial charge in [-0.05, 0) is 71.5 Å². The summed E-state index contributed by atoms with van der Waals surface area (Å²) >= 11 is 0. The van der Waals surface area contributed by atoms with Gasteiger partial charge < -0.3 is 24.6 Å². The fourth-order valence-corrected chi connectivity index (χ4v) is 3.82. The molecule has 2 heterocycles. The maximum atomic E-state index is 5.97. The van der Waals surface area contributed by atoms with Gasteiger partial charge in [0.05, 0.1) is 6.10 Å². The van der Waals surface area contributed by atoms with Gasteiger partial charge >= 0.3 is 0 Å². The van der Waals surface area contributed by atoms with Crippen LogP contribution >= 0.6 is 0 Å². The number of piperidine rings is 2. The maximum Gasteiger partial charge on any atom is 0.193 e. The number of methoxy groups -OCH3 is 1. The quantitative estimate of drug-likeness (QED) is 0.384. The number of nitrogens with zero attached hydrogens (tertiary/aromatic N) is 3. The highest BCUT2D eigenvalue weighted by atomic mass is 16.5. The molecule has 0 aliphatic carbocycles. The van der Waals surface area contributed by atoms with E-state index in [9.17, 15) is 0 Å². The molecule has 0 atom stereocenters. The average molecular weight is 369 g/mol. The SMILES string of the molecule is CCNC(=NCCC1CCN(C)CC1)N1CCC(OCCCOC)CC1. The summed E-state index contributed by atoms with van der Waals surface area (Å²) in [6, 6.07) is 0. The largest absolute Gasteiger partial charge is 0.385 e. The second-order valence-electron chi connectivity index (χ2n) is 7.67. The summed E-state index contributed by atoms with van der Waals surface area (Å²) in [6.07, 6.45) is 7.44. The van der Waals surface area contributed by atoms with E-state index in [2.05, 4.69) is 29.1 Å². The summed E-state index contributed by atoms with van der Waals surface area (Å²) in [5, 5.41) is 3.48. The Kier molecular flexibility index (Phi) is 10.3. The number of nitrogens with one attached hydrogen (secondary N) is 1. The third kappa shape index (κ3) is 7.80. The standard InChI is InChI=1S/C20H40N4O2/c1-4-21-20(22-11-6-18-7-12-23(2)13-8-18)24-14-9-19(10-15-24)26-17-5-16-25-3/h18-19H,4-17H2,1-3H3,(H,21,22). The fraction of sp³-hybridized carbons (Fsp3) is 0.950. The van der Waals surface area contributed by atoms with Crippen molar-refractivity contribution in [2.75, 3.05) is 66.6 Å². The Morgan fingerprint density at radius 3 is 2.46 bits per heavy atom. The molecule has 6 nitrogen and oxygen atoms in total. The molecule has 2 fully saturated rings. The van der Waals surface area contributed by atoms with E-state index in [0.29, 0.717) is 6.10 Å². The van der Waals surface area contributed by atoms with E-state index in [1.165, 1.54) is 32.4 Å². The molecule has 0 aromatic carbocycles. The minimum Gasteiger partial charge on any atom is -0.385 e. The van der Waals surface area contributed by atoms with Crippen molar-refractivity contribution < 1.29 is 9.47 Å². The van der Waals surface area contributed by atoms with Crippen LogP contribution in [0.25, 0.3) is 0 Å². The summed E-state index contributed by atoms with van der Waals surface area (Å²) in [5.74, 6) is 1.95. The molecule has 0 saturated carbocycles. The number of aliphatic imine (C=N–C) groups is 1. The Morgan fingerprint density at radius 2 is 1.81 bits per heavy atom. The van der Waals surface area contributed by atoms with Crippen LogP contribution in [0.1, 0.15) is 45.4 Å². The van der Waals surface area contributed by atoms with Gasteiger partial charge in [0.1, 0.15) is 0 Å². The van der Waals surface area contributed by atoms with Crippen LogP contribution in [-0.4, -0.2) is 88.5 Å². The molecule has 0 unspecified atom stereocenters. The molecule has 2 saturated heterocycles. The summed E-state index contributed by atoms with van der Waals surface area (Å²) < 4.78 is 11.0. The lowest BCUT2D eigenvalue weighted by molar-refractivity contribution is 0.00990. The van der Waals surface area contributed by atoms with Crippen molar-refractivity contribution in [3.8, 4) is 0 Å². The van der Waals surface area contributed by atoms with Crippen molar-refractivity contribution in [1.29, 1.82) is 0 Å². The Balaban J connectivity index is 1.69. The van der Waals surface area contributed by atoms with E-state index < -0.39 is 0 Å². The lowest BCUT2D eigenvalue weighted by Crippen LogP contribution is -2.47. The van der Waals surface area contributed by atoms with Gasteiger partial charge in [0.15, 0.2) is 5.96 Å². The van der Waals surface area contributed by atoms with Crippen LogP contribution in [-0.2, 0) is 9.47 Å². The Morgan fingerprint density at radius 1 is 1.08 bits per heavy atom. The zero-order valence-corrected chi connectivity index (χ0v) is 17.2. The summed E-state index contributed by atoms with van der Waals surface area (Å²) in [4.78, 5) is 9.77. The summed E-state index contributed by atoms with van der Waals surface area (Å²) in [6.45, 7) is 10.2. The van der Waals surface area contributed by atoms with E-state index in [1.54, 1.807) is 7.11 Å². The van der Waals surface area contributed by atoms with E-state index >= 15 is 0 Å². The van der Waals surface area contributed by atoms with E-state index in [4.69, 9.17) is 14.5 Å². The minimum atomic E-state index is 0.394. The Bertz CT molecular complexity index is 389. The number of rotatable bonds is 9. The third-order valence-corrected chi connectivity index (χ3v) is 5.56. The van der Waals surface area contributed by atoms with Gasteiger partial charge in [-0.2, -0.15) is 0 Å². The summed E-state index contributed by atoms with van der Waals surface area (Å²) in [5.41, 5.74) is 0. The van der Waals surface area contributed by atoms with Crippen LogP contribution in [0, 0.1) is 5.92 Å². The second-order valence-corrected chi connectivity index (χ2v) is 7.67. The predicted molar refractivity (Wildman–Crippen MR) is 108 cm³/mol. The van der Waals surface area contributed by atoms with Gasteiger partial charge in [0, 0.05) is 46.5 Å². The number of hydrogen-bond donors (Lipinski definition) is 1. The van der Waals surface area contributed by atoms with Gasteiger partial charge in [-0.25, -0.2) is 0 Å². The van der Waals surface area contributed by atoms with Gasteiger partial charge in [-0.3, -0.25) is 4.99 Å². The summed E-state index contributed by atoms with van der Waals surface area (Å²) in [7, 11) is 3.97. The second kappa shape index (κ2) is 12.5. The molecular formula is C20H40N4O2. The molecule has 1 N–H and O–H groups in total. The normalized spacial score (nSPS) is 21.3. The first kappa shape index (κ1) is 21.5. The zero-order chi connectivity index (χ0) is 18.6. The van der Waals surface area contributed by atoms with E-state index in [-0.39, 0.29) is 0 Å². The smallest absolute Gasteiger partial charge is 0.193 e. The van der Waals surface area contributed by atoms with Crippen molar-refractivity contribution in [1.82, 2.24) is 15.1 Å². The van der Waals surface area contributed by atoms with Crippen LogP contribution in [0.5, 0.6) is 0 Å². The first-order valence-corrected chi connectivity index (χ1v) is 10.5. The Hall–Kier alpha value is -0.850. The molecule has 6 heteroatoms. The van der Waals surface area contributed by atoms with E-state index in [0.717, 1.165) is 70.5 Å². The first-order chi connectivity index (χ1) is 12.7. The van der Waals surface area contributed by atoms with Crippen LogP contribution < -0.4 is 5.32 Å². The van der Waals surface area contributed by atoms with Crippen molar-refractivity contribution >= 4 is 5.96 Å². The molecule has 2 rings (SSSR count). The molecule has 0 aromatic heterocycles. The maximum absolute atomic E-state index is 5.97. The van der Waals surface area contributed by atoms with Crippen molar-refractivity contribution in [3.05, 3.63) is 0 Å². The molecule has 0 spiro atoms. The molecule has 152 valence electrons. The van der Waals surface area contributed by atoms with Crippen LogP contribution in [0.4, 0.5) is 0 Å². The van der Waals surface area contributed by atoms with E-state index in [1.807, 2.05) is 0 Å². The van der Waals surface area contributed by atoms with Gasteiger partial charge in [0.25, 0.3) is 0 Å². The van der Waals surface area contributed by atoms with Crippen LogP contribution in [0.2, 0.25) is 0 Å². The molecule has 2 aliphatic rings. The zero-order valence-electron chi connectivity index (χ0n) is 17.2. The van der Waals surface area contributed by atoms with Gasteiger partial charge in [-0.15, -0.1) is 0 Å². The fourth-order valence-electron chi connectivity index (χ4n) is 3.82. The van der Waals surface area contributed by atoms with Crippen LogP contribution in [0.15, 0.2) is 4.99 Å². The topological polar surface area (TPSA) is 49.3 Å². The average Bonchev–Trinajstić information content (AvgIpc) is 2.67. The molecular weight excluding hydrogens is 328 g/mol. The number of hydrogen-bond acceptors (Lipinski definition) is 4. The monoisotopic (exact) mass is 368 g/mol. The molecule has 0 aromatic rings. The first-order valence-electron chi connectivity index (χ1n) is 10.5. The lowest BCUT2D eigenvalue weighted by Gasteiger charge is -2.34. The van der Waals surface area contributed by atoms with Gasteiger partial charge in [0.2, 0.25) is 0 Å². The van der Waals surface area contributed by atoms with Crippen molar-refractivity contribution in [2.24, 2.45) is 10.9 Å². The molecule has 0 radical (unpaired) electrons. The van der Waals surface area contributed by atoms with Crippen LogP contribution in [0.3, 0.4) is 0 Å². The lowest BCUT2D eigenvalue weighted by atomic mass is 9.94. The molecule has 26 heavy (non-hydrogen) atoms. The van der Waals surface area contributed by atoms with Gasteiger partial charge in [-0.1, -0.05) is 0 Å². The Labute approximate surface area is 160 Å². The highest BCUT2D eigenvalue weighted by Gasteiger charge is 2.22. The minimum absolute atomic E-state index is 0.394.